The van der Waals surface area contributed by atoms with Crippen LogP contribution < -0.4 is 30.8 Å². The molecular formula is C15H23N5O17P4-4. The Hall–Kier alpha value is -1.53. The third-order valence-corrected chi connectivity index (χ3v) is 10.6. The normalized spacial score (nSPS) is 24.9. The SMILES string of the molecule is Cc1cn([C@H]2C[C@@H](O)[C@@H](COP(=O)([O-])OP(=O)([O-])OP(=O)([O-])OP(=O)([O-])OCCCCCN=[N+]=[N-])O2)c(=O)[nH]c1=O. The molecule has 1 aromatic heterocycles. The number of ether oxygens (including phenoxy) is 1. The van der Waals surface area contributed by atoms with Crippen LogP contribution in [0.1, 0.15) is 37.5 Å². The van der Waals surface area contributed by atoms with Crippen LogP contribution >= 0.6 is 31.3 Å². The maximum absolute atomic E-state index is 12.0. The molecule has 22 nitrogen and oxygen atoms in total. The molecule has 0 bridgehead atoms. The minimum absolute atomic E-state index is 0.0435. The quantitative estimate of drug-likeness (QED) is 0.0655. The van der Waals surface area contributed by atoms with Gasteiger partial charge in [-0.3, -0.25) is 32.6 Å². The first kappa shape index (κ1) is 35.7. The molecule has 2 N–H and O–H groups in total. The number of hydrogen-bond donors (Lipinski definition) is 2. The van der Waals surface area contributed by atoms with Gasteiger partial charge in [-0.25, -0.2) is 17.7 Å². The van der Waals surface area contributed by atoms with E-state index in [0.29, 0.717) is 12.8 Å². The predicted molar refractivity (Wildman–Crippen MR) is 124 cm³/mol. The van der Waals surface area contributed by atoms with Crippen molar-refractivity contribution in [3.63, 3.8) is 0 Å². The smallest absolute Gasteiger partial charge is 0.330 e. The van der Waals surface area contributed by atoms with Gasteiger partial charge < -0.3 is 38.5 Å². The van der Waals surface area contributed by atoms with Gasteiger partial charge in [0, 0.05) is 29.6 Å². The number of aliphatic hydroxyl groups is 1. The van der Waals surface area contributed by atoms with Crippen molar-refractivity contribution in [2.24, 2.45) is 5.11 Å². The average Bonchev–Trinajstić information content (AvgIpc) is 3.17. The fourth-order valence-corrected chi connectivity index (χ4v) is 7.90. The van der Waals surface area contributed by atoms with E-state index in [0.717, 1.165) is 10.8 Å². The summed E-state index contributed by atoms with van der Waals surface area (Å²) >= 11 is 0. The fourth-order valence-electron chi connectivity index (χ4n) is 3.13. The molecule has 1 aromatic rings. The number of rotatable bonds is 17. The molecule has 1 aliphatic heterocycles. The first-order chi connectivity index (χ1) is 18.9. The first-order valence-corrected chi connectivity index (χ1v) is 17.0. The molecular weight excluding hydrogens is 646 g/mol. The Labute approximate surface area is 229 Å². The number of unbranched alkanes of at least 4 members (excludes halogenated alkanes) is 2. The van der Waals surface area contributed by atoms with Gasteiger partial charge in [-0.1, -0.05) is 11.5 Å². The topological polar surface area (TPSA) is 340 Å². The Morgan fingerprint density at radius 1 is 1.05 bits per heavy atom. The number of hydrogen-bond acceptors (Lipinski definition) is 18. The van der Waals surface area contributed by atoms with Crippen LogP contribution in [-0.4, -0.2) is 46.6 Å². The molecule has 0 radical (unpaired) electrons. The highest BCUT2D eigenvalue weighted by Crippen LogP contribution is 2.66. The highest BCUT2D eigenvalue weighted by atomic mass is 31.3. The second-order valence-electron chi connectivity index (χ2n) is 8.09. The summed E-state index contributed by atoms with van der Waals surface area (Å²) in [5.41, 5.74) is 6.66. The summed E-state index contributed by atoms with van der Waals surface area (Å²) in [6, 6.07) is 0. The van der Waals surface area contributed by atoms with Gasteiger partial charge >= 0.3 is 5.69 Å². The van der Waals surface area contributed by atoms with Gasteiger partial charge in [0.05, 0.1) is 19.3 Å². The number of azide groups is 1. The van der Waals surface area contributed by atoms with Gasteiger partial charge in [0.25, 0.3) is 36.9 Å². The van der Waals surface area contributed by atoms with Crippen LogP contribution in [0.4, 0.5) is 0 Å². The summed E-state index contributed by atoms with van der Waals surface area (Å²) in [7, 11) is -24.4. The molecule has 2 heterocycles. The summed E-state index contributed by atoms with van der Waals surface area (Å²) in [4.78, 5) is 75.0. The number of nitrogens with one attached hydrogen (secondary N) is 1. The van der Waals surface area contributed by atoms with Crippen molar-refractivity contribution < 1.29 is 69.7 Å². The number of aromatic amines is 1. The van der Waals surface area contributed by atoms with E-state index in [1.807, 2.05) is 4.98 Å². The van der Waals surface area contributed by atoms with Crippen molar-refractivity contribution in [2.75, 3.05) is 19.8 Å². The first-order valence-electron chi connectivity index (χ1n) is 11.2. The molecule has 234 valence electrons. The number of phosphoric acid groups is 4. The van der Waals surface area contributed by atoms with Crippen molar-refractivity contribution in [1.82, 2.24) is 9.55 Å². The number of aryl methyl sites for hydroxylation is 1. The Balaban J connectivity index is 1.89. The summed E-state index contributed by atoms with van der Waals surface area (Å²) in [5, 5.41) is 13.3. The molecule has 4 unspecified atom stereocenters. The summed E-state index contributed by atoms with van der Waals surface area (Å²) < 4.78 is 72.4. The van der Waals surface area contributed by atoms with Crippen LogP contribution in [0.5, 0.6) is 0 Å². The van der Waals surface area contributed by atoms with E-state index in [-0.39, 0.29) is 24.9 Å². The van der Waals surface area contributed by atoms with Gasteiger partial charge in [-0.05, 0) is 25.3 Å². The zero-order valence-electron chi connectivity index (χ0n) is 20.8. The maximum Gasteiger partial charge on any atom is 0.330 e. The Morgan fingerprint density at radius 2 is 1.63 bits per heavy atom. The van der Waals surface area contributed by atoms with Gasteiger partial charge in [-0.15, -0.1) is 0 Å². The van der Waals surface area contributed by atoms with E-state index in [1.165, 1.54) is 6.92 Å². The van der Waals surface area contributed by atoms with Crippen LogP contribution in [-0.2, 0) is 45.0 Å². The Kier molecular flexibility index (Phi) is 12.8. The zero-order chi connectivity index (χ0) is 31.1. The molecule has 0 aromatic carbocycles. The van der Waals surface area contributed by atoms with E-state index in [4.69, 9.17) is 10.3 Å². The van der Waals surface area contributed by atoms with Crippen molar-refractivity contribution >= 4 is 31.3 Å². The van der Waals surface area contributed by atoms with Crippen molar-refractivity contribution in [1.29, 1.82) is 0 Å². The molecule has 2 rings (SSSR count). The van der Waals surface area contributed by atoms with Crippen molar-refractivity contribution in [3.8, 4) is 0 Å². The summed E-state index contributed by atoms with van der Waals surface area (Å²) in [6.07, 6.45) is -2.57. The van der Waals surface area contributed by atoms with Crippen LogP contribution in [0.25, 0.3) is 10.4 Å². The van der Waals surface area contributed by atoms with Crippen molar-refractivity contribution in [2.45, 2.75) is 51.0 Å². The maximum atomic E-state index is 12.0. The number of aromatic nitrogens is 2. The number of phosphoric ester groups is 2. The molecule has 1 fully saturated rings. The monoisotopic (exact) mass is 669 g/mol. The van der Waals surface area contributed by atoms with E-state index in [1.54, 1.807) is 0 Å². The molecule has 0 saturated carbocycles. The highest BCUT2D eigenvalue weighted by Gasteiger charge is 2.37. The van der Waals surface area contributed by atoms with Crippen LogP contribution in [0.15, 0.2) is 20.9 Å². The molecule has 7 atom stereocenters. The third kappa shape index (κ3) is 12.3. The highest BCUT2D eigenvalue weighted by molar-refractivity contribution is 7.68. The minimum atomic E-state index is -6.41. The molecule has 1 saturated heterocycles. The van der Waals surface area contributed by atoms with Crippen LogP contribution in [0, 0.1) is 6.92 Å². The Bertz CT molecular complexity index is 1430. The number of nitrogens with zero attached hydrogens (tertiary/aromatic N) is 4. The van der Waals surface area contributed by atoms with Gasteiger partial charge in [0.1, 0.15) is 12.3 Å². The number of aliphatic hydroxyl groups excluding tert-OH is 1. The van der Waals surface area contributed by atoms with E-state index < -0.39 is 74.2 Å². The zero-order valence-corrected chi connectivity index (χ0v) is 24.4. The molecule has 0 amide bonds. The Morgan fingerprint density at radius 3 is 2.24 bits per heavy atom. The van der Waals surface area contributed by atoms with E-state index >= 15 is 0 Å². The molecule has 0 aliphatic carbocycles. The van der Waals surface area contributed by atoms with E-state index in [9.17, 15) is 52.5 Å². The second-order valence-corrected chi connectivity index (χ2v) is 14.1. The lowest BCUT2D eigenvalue weighted by molar-refractivity contribution is -0.254. The second kappa shape index (κ2) is 14.8. The standard InChI is InChI=1S/C15H27N5O17P4/c1-10-8-20(15(23)18-14(10)22)13-7-11(21)12(34-13)9-33-39(26,27)36-41(30,31)37-40(28,29)35-38(24,25)32-6-4-2-3-5-17-19-16/h8,11-13,21H,2-7,9H2,1H3,(H,24,25)(H,26,27)(H,28,29)(H,30,31)(H,18,22,23)/p-4/t11-,12-,13-/m1/s1. The van der Waals surface area contributed by atoms with Gasteiger partial charge in [0.2, 0.25) is 0 Å². The minimum Gasteiger partial charge on any atom is -0.756 e. The average molecular weight is 669 g/mol. The number of H-pyrrole nitrogens is 1. The van der Waals surface area contributed by atoms with E-state index in [2.05, 4.69) is 32.0 Å². The summed E-state index contributed by atoms with van der Waals surface area (Å²) in [5.74, 6) is 0. The molecule has 0 spiro atoms. The largest absolute Gasteiger partial charge is 0.756 e. The lowest BCUT2D eigenvalue weighted by atomic mass is 10.2. The van der Waals surface area contributed by atoms with Gasteiger partial charge in [-0.2, -0.15) is 0 Å². The lowest BCUT2D eigenvalue weighted by Gasteiger charge is -2.36. The molecule has 26 heteroatoms. The molecule has 41 heavy (non-hydrogen) atoms. The van der Waals surface area contributed by atoms with Crippen LogP contribution in [0.2, 0.25) is 0 Å². The predicted octanol–water partition coefficient (Wildman–Crippen LogP) is -1.07. The third-order valence-electron chi connectivity index (χ3n) is 4.87. The van der Waals surface area contributed by atoms with Crippen LogP contribution in [0.3, 0.4) is 0 Å². The lowest BCUT2D eigenvalue weighted by Crippen LogP contribution is -2.33. The van der Waals surface area contributed by atoms with Crippen molar-refractivity contribution in [3.05, 3.63) is 43.0 Å². The summed E-state index contributed by atoms with van der Waals surface area (Å²) in [6.45, 7) is -0.196. The molecule has 1 aliphatic rings. The van der Waals surface area contributed by atoms with Gasteiger partial charge in [0.15, 0.2) is 0 Å². The fraction of sp³-hybridized carbons (Fsp3) is 0.733.